The molecule has 2 atom stereocenters. The van der Waals surface area contributed by atoms with E-state index < -0.39 is 0 Å². The maximum Gasteiger partial charge on any atom is 0.0380 e. The summed E-state index contributed by atoms with van der Waals surface area (Å²) >= 11 is 0. The highest BCUT2D eigenvalue weighted by Crippen LogP contribution is 2.30. The average Bonchev–Trinajstić information content (AvgIpc) is 2.81. The third-order valence-electron chi connectivity index (χ3n) is 3.94. The lowest BCUT2D eigenvalue weighted by molar-refractivity contribution is 0.521. The Balaban J connectivity index is 2.01. The molecule has 0 amide bonds. The SMILES string of the molecule is CC(CC1CCCN1)Nc1ccccc1C(C)(C)C. The molecule has 2 unspecified atom stereocenters. The first-order valence-electron chi connectivity index (χ1n) is 7.56. The van der Waals surface area contributed by atoms with Crippen LogP contribution in [-0.2, 0) is 5.41 Å². The lowest BCUT2D eigenvalue weighted by atomic mass is 9.85. The van der Waals surface area contributed by atoms with Crippen LogP contribution in [0, 0.1) is 0 Å². The van der Waals surface area contributed by atoms with Crippen LogP contribution in [0.1, 0.15) is 52.5 Å². The van der Waals surface area contributed by atoms with Gasteiger partial charge in [0, 0.05) is 17.8 Å². The quantitative estimate of drug-likeness (QED) is 0.857. The molecule has 19 heavy (non-hydrogen) atoms. The lowest BCUT2D eigenvalue weighted by Crippen LogP contribution is -2.29. The van der Waals surface area contributed by atoms with Crippen LogP contribution in [0.5, 0.6) is 0 Å². The van der Waals surface area contributed by atoms with Crippen LogP contribution < -0.4 is 10.6 Å². The minimum absolute atomic E-state index is 0.189. The molecule has 0 spiro atoms. The van der Waals surface area contributed by atoms with E-state index in [1.165, 1.54) is 37.1 Å². The Morgan fingerprint density at radius 1 is 1.32 bits per heavy atom. The van der Waals surface area contributed by atoms with Crippen molar-refractivity contribution in [1.82, 2.24) is 5.32 Å². The minimum atomic E-state index is 0.189. The van der Waals surface area contributed by atoms with Crippen LogP contribution in [0.15, 0.2) is 24.3 Å². The molecule has 2 nitrogen and oxygen atoms in total. The fourth-order valence-electron chi connectivity index (χ4n) is 2.97. The molecule has 0 saturated carbocycles. The highest BCUT2D eigenvalue weighted by Gasteiger charge is 2.20. The van der Waals surface area contributed by atoms with E-state index in [9.17, 15) is 0 Å². The minimum Gasteiger partial charge on any atom is -0.382 e. The van der Waals surface area contributed by atoms with Crippen LogP contribution in [0.4, 0.5) is 5.69 Å². The van der Waals surface area contributed by atoms with Crippen molar-refractivity contribution in [2.24, 2.45) is 0 Å². The number of rotatable bonds is 4. The van der Waals surface area contributed by atoms with Crippen molar-refractivity contribution >= 4 is 5.69 Å². The summed E-state index contributed by atoms with van der Waals surface area (Å²) in [6, 6.07) is 9.91. The first-order chi connectivity index (χ1) is 8.97. The van der Waals surface area contributed by atoms with Crippen molar-refractivity contribution in [3.05, 3.63) is 29.8 Å². The van der Waals surface area contributed by atoms with Gasteiger partial charge in [-0.25, -0.2) is 0 Å². The lowest BCUT2D eigenvalue weighted by Gasteiger charge is -2.26. The average molecular weight is 260 g/mol. The van der Waals surface area contributed by atoms with Crippen molar-refractivity contribution < 1.29 is 0 Å². The third-order valence-corrected chi connectivity index (χ3v) is 3.94. The topological polar surface area (TPSA) is 24.1 Å². The van der Waals surface area contributed by atoms with Crippen LogP contribution >= 0.6 is 0 Å². The predicted octanol–water partition coefficient (Wildman–Crippen LogP) is 3.93. The van der Waals surface area contributed by atoms with Gasteiger partial charge in [-0.2, -0.15) is 0 Å². The van der Waals surface area contributed by atoms with Gasteiger partial charge in [-0.15, -0.1) is 0 Å². The van der Waals surface area contributed by atoms with Crippen LogP contribution in [0.25, 0.3) is 0 Å². The molecule has 106 valence electrons. The Bertz CT molecular complexity index is 400. The number of hydrogen-bond donors (Lipinski definition) is 2. The van der Waals surface area contributed by atoms with Crippen LogP contribution in [0.3, 0.4) is 0 Å². The standard InChI is InChI=1S/C17H28N2/c1-13(12-14-8-7-11-18-14)19-16-10-6-5-9-15(16)17(2,3)4/h5-6,9-10,13-14,18-19H,7-8,11-12H2,1-4H3. The Morgan fingerprint density at radius 2 is 2.05 bits per heavy atom. The second-order valence-electron chi connectivity index (χ2n) is 6.87. The monoisotopic (exact) mass is 260 g/mol. The molecule has 2 N–H and O–H groups in total. The molecule has 2 heteroatoms. The van der Waals surface area contributed by atoms with Gasteiger partial charge >= 0.3 is 0 Å². The molecular formula is C17H28N2. The van der Waals surface area contributed by atoms with E-state index in [-0.39, 0.29) is 5.41 Å². The summed E-state index contributed by atoms with van der Waals surface area (Å²) in [4.78, 5) is 0. The molecular weight excluding hydrogens is 232 g/mol. The molecule has 1 saturated heterocycles. The molecule has 1 fully saturated rings. The molecule has 0 bridgehead atoms. The van der Waals surface area contributed by atoms with E-state index in [0.29, 0.717) is 12.1 Å². The Hall–Kier alpha value is -1.02. The van der Waals surface area contributed by atoms with Crippen LogP contribution in [0.2, 0.25) is 0 Å². The highest BCUT2D eigenvalue weighted by molar-refractivity contribution is 5.54. The van der Waals surface area contributed by atoms with Gasteiger partial charge in [0.25, 0.3) is 0 Å². The fraction of sp³-hybridized carbons (Fsp3) is 0.647. The van der Waals surface area contributed by atoms with Gasteiger partial charge in [-0.05, 0) is 49.8 Å². The first-order valence-corrected chi connectivity index (χ1v) is 7.56. The molecule has 0 aromatic heterocycles. The summed E-state index contributed by atoms with van der Waals surface area (Å²) in [5, 5.41) is 7.28. The Morgan fingerprint density at radius 3 is 2.68 bits per heavy atom. The molecule has 1 aliphatic heterocycles. The number of para-hydroxylation sites is 1. The van der Waals surface area contributed by atoms with E-state index in [1.54, 1.807) is 0 Å². The van der Waals surface area contributed by atoms with Crippen molar-refractivity contribution in [3.63, 3.8) is 0 Å². The Labute approximate surface area is 118 Å². The normalized spacial score (nSPS) is 21.4. The summed E-state index contributed by atoms with van der Waals surface area (Å²) in [6.45, 7) is 10.3. The molecule has 2 rings (SSSR count). The molecule has 0 radical (unpaired) electrons. The predicted molar refractivity (Wildman–Crippen MR) is 83.9 cm³/mol. The van der Waals surface area contributed by atoms with E-state index in [4.69, 9.17) is 0 Å². The zero-order valence-corrected chi connectivity index (χ0v) is 12.8. The largest absolute Gasteiger partial charge is 0.382 e. The molecule has 1 aliphatic rings. The van der Waals surface area contributed by atoms with Gasteiger partial charge in [0.05, 0.1) is 0 Å². The summed E-state index contributed by atoms with van der Waals surface area (Å²) in [5.74, 6) is 0. The van der Waals surface area contributed by atoms with Gasteiger partial charge in [0.1, 0.15) is 0 Å². The summed E-state index contributed by atoms with van der Waals surface area (Å²) < 4.78 is 0. The van der Waals surface area contributed by atoms with E-state index in [0.717, 1.165) is 0 Å². The zero-order chi connectivity index (χ0) is 13.9. The molecule has 0 aliphatic carbocycles. The summed E-state index contributed by atoms with van der Waals surface area (Å²) in [5.41, 5.74) is 2.89. The molecule has 1 aromatic rings. The van der Waals surface area contributed by atoms with Gasteiger partial charge < -0.3 is 10.6 Å². The fourth-order valence-corrected chi connectivity index (χ4v) is 2.97. The second-order valence-corrected chi connectivity index (χ2v) is 6.87. The zero-order valence-electron chi connectivity index (χ0n) is 12.8. The maximum absolute atomic E-state index is 3.70. The van der Waals surface area contributed by atoms with Crippen LogP contribution in [-0.4, -0.2) is 18.6 Å². The van der Waals surface area contributed by atoms with Gasteiger partial charge in [0.15, 0.2) is 0 Å². The maximum atomic E-state index is 3.70. The van der Waals surface area contributed by atoms with Gasteiger partial charge in [-0.3, -0.25) is 0 Å². The smallest absolute Gasteiger partial charge is 0.0380 e. The van der Waals surface area contributed by atoms with Gasteiger partial charge in [0.2, 0.25) is 0 Å². The second kappa shape index (κ2) is 5.96. The number of nitrogens with one attached hydrogen (secondary N) is 2. The number of hydrogen-bond acceptors (Lipinski definition) is 2. The van der Waals surface area contributed by atoms with Crippen molar-refractivity contribution in [3.8, 4) is 0 Å². The van der Waals surface area contributed by atoms with Crippen molar-refractivity contribution in [2.45, 2.75) is 64.5 Å². The third kappa shape index (κ3) is 3.97. The van der Waals surface area contributed by atoms with E-state index >= 15 is 0 Å². The molecule has 1 aromatic carbocycles. The number of anilines is 1. The van der Waals surface area contributed by atoms with Gasteiger partial charge in [-0.1, -0.05) is 39.0 Å². The molecule has 1 heterocycles. The van der Waals surface area contributed by atoms with E-state index in [2.05, 4.69) is 62.6 Å². The highest BCUT2D eigenvalue weighted by atomic mass is 15.0. The van der Waals surface area contributed by atoms with E-state index in [1.807, 2.05) is 0 Å². The Kier molecular flexibility index (Phi) is 4.51. The first kappa shape index (κ1) is 14.4. The number of benzene rings is 1. The van der Waals surface area contributed by atoms with Crippen molar-refractivity contribution in [2.75, 3.05) is 11.9 Å². The summed E-state index contributed by atoms with van der Waals surface area (Å²) in [6.07, 6.45) is 3.86. The van der Waals surface area contributed by atoms with Crippen molar-refractivity contribution in [1.29, 1.82) is 0 Å². The summed E-state index contributed by atoms with van der Waals surface area (Å²) in [7, 11) is 0.